The summed E-state index contributed by atoms with van der Waals surface area (Å²) in [6, 6.07) is 10.5. The third-order valence-corrected chi connectivity index (χ3v) is 6.58. The van der Waals surface area contributed by atoms with E-state index in [1.54, 1.807) is 0 Å². The number of aromatic nitrogens is 3. The topological polar surface area (TPSA) is 94.5 Å². The van der Waals surface area contributed by atoms with E-state index in [9.17, 15) is 10.2 Å². The van der Waals surface area contributed by atoms with Crippen molar-refractivity contribution in [1.29, 1.82) is 0 Å². The summed E-state index contributed by atoms with van der Waals surface area (Å²) in [5.74, 6) is 0. The van der Waals surface area contributed by atoms with E-state index in [0.717, 1.165) is 18.7 Å². The van der Waals surface area contributed by atoms with Crippen LogP contribution < -0.4 is 9.64 Å². The zero-order valence-corrected chi connectivity index (χ0v) is 17.4. The molecule has 1 aromatic carbocycles. The fraction of sp³-hybridized carbons (Fsp3) is 0.455. The fourth-order valence-corrected chi connectivity index (χ4v) is 4.68. The Hall–Kier alpha value is -2.35. The first-order valence-electron chi connectivity index (χ1n) is 10.4. The first-order valence-corrected chi connectivity index (χ1v) is 10.8. The highest BCUT2D eigenvalue weighted by atomic mass is 35.5. The number of fused-ring (bicyclic) bond motifs is 1. The van der Waals surface area contributed by atoms with Crippen molar-refractivity contribution in [3.05, 3.63) is 35.4 Å². The van der Waals surface area contributed by atoms with E-state index < -0.39 is 5.41 Å². The highest BCUT2D eigenvalue weighted by Gasteiger charge is 2.45. The Bertz CT molecular complexity index is 1030. The number of hydrogen-bond donors (Lipinski definition) is 3. The van der Waals surface area contributed by atoms with Crippen molar-refractivity contribution >= 4 is 28.5 Å². The number of benzene rings is 1. The summed E-state index contributed by atoms with van der Waals surface area (Å²) in [6.07, 6.45) is 3.60. The number of pyridine rings is 1. The molecule has 2 aliphatic rings. The monoisotopic (exact) mass is 428 g/mol. The van der Waals surface area contributed by atoms with Crippen molar-refractivity contribution < 1.29 is 14.9 Å². The molecule has 1 saturated heterocycles. The molecule has 0 atom stereocenters. The van der Waals surface area contributed by atoms with Gasteiger partial charge in [-0.3, -0.25) is 0 Å². The van der Waals surface area contributed by atoms with Gasteiger partial charge in [-0.15, -0.1) is 0 Å². The Kier molecular flexibility index (Phi) is 5.05. The predicted octanol–water partition coefficient (Wildman–Crippen LogP) is 3.39. The molecule has 2 aromatic heterocycles. The molecule has 30 heavy (non-hydrogen) atoms. The Balaban J connectivity index is 1.35. The lowest BCUT2D eigenvalue weighted by Crippen LogP contribution is -2.49. The third-order valence-electron chi connectivity index (χ3n) is 6.29. The summed E-state index contributed by atoms with van der Waals surface area (Å²) in [7, 11) is 0. The second kappa shape index (κ2) is 7.72. The molecule has 7 nitrogen and oxygen atoms in total. The van der Waals surface area contributed by atoms with Crippen LogP contribution in [0.15, 0.2) is 30.3 Å². The van der Waals surface area contributed by atoms with Gasteiger partial charge in [0.05, 0.1) is 29.4 Å². The molecule has 1 aliphatic heterocycles. The molecule has 0 spiro atoms. The molecule has 0 bridgehead atoms. The van der Waals surface area contributed by atoms with Crippen LogP contribution in [0.1, 0.15) is 25.7 Å². The van der Waals surface area contributed by atoms with Crippen LogP contribution >= 0.6 is 11.6 Å². The summed E-state index contributed by atoms with van der Waals surface area (Å²) in [4.78, 5) is 14.6. The van der Waals surface area contributed by atoms with E-state index in [4.69, 9.17) is 16.3 Å². The minimum absolute atomic E-state index is 0.0411. The Morgan fingerprint density at radius 1 is 1.10 bits per heavy atom. The summed E-state index contributed by atoms with van der Waals surface area (Å²) in [5.41, 5.74) is 3.69. The van der Waals surface area contributed by atoms with Gasteiger partial charge in [-0.2, -0.15) is 4.98 Å². The molecular formula is C22H25ClN4O3. The van der Waals surface area contributed by atoms with Crippen LogP contribution in [0, 0.1) is 5.41 Å². The van der Waals surface area contributed by atoms with Gasteiger partial charge in [-0.25, -0.2) is 4.98 Å². The molecule has 8 heteroatoms. The van der Waals surface area contributed by atoms with Crippen LogP contribution in [-0.4, -0.2) is 57.6 Å². The van der Waals surface area contributed by atoms with Crippen LogP contribution in [0.5, 0.6) is 6.01 Å². The van der Waals surface area contributed by atoms with Crippen LogP contribution in [0.3, 0.4) is 0 Å². The molecule has 5 rings (SSSR count). The first-order chi connectivity index (χ1) is 14.6. The van der Waals surface area contributed by atoms with Crippen LogP contribution in [-0.2, 0) is 0 Å². The summed E-state index contributed by atoms with van der Waals surface area (Å²) in [6.45, 7) is 2.14. The Labute approximate surface area is 179 Å². The van der Waals surface area contributed by atoms with Gasteiger partial charge >= 0.3 is 0 Å². The van der Waals surface area contributed by atoms with E-state index in [2.05, 4.69) is 44.1 Å². The smallest absolute Gasteiger partial charge is 0.296 e. The number of imidazole rings is 1. The summed E-state index contributed by atoms with van der Waals surface area (Å²) < 4.78 is 5.87. The third kappa shape index (κ3) is 3.51. The lowest BCUT2D eigenvalue weighted by molar-refractivity contribution is -0.0835. The normalized spacial score (nSPS) is 18.7. The Morgan fingerprint density at radius 2 is 1.80 bits per heavy atom. The molecule has 2 fully saturated rings. The quantitative estimate of drug-likeness (QED) is 0.557. The van der Waals surface area contributed by atoms with Crippen molar-refractivity contribution in [1.82, 2.24) is 15.0 Å². The average Bonchev–Trinajstić information content (AvgIpc) is 3.39. The summed E-state index contributed by atoms with van der Waals surface area (Å²) in [5, 5.41) is 19.4. The second-order valence-electron chi connectivity index (χ2n) is 8.44. The van der Waals surface area contributed by atoms with Crippen LogP contribution in [0.4, 0.5) is 5.69 Å². The van der Waals surface area contributed by atoms with E-state index in [0.29, 0.717) is 40.7 Å². The average molecular weight is 429 g/mol. The van der Waals surface area contributed by atoms with Crippen molar-refractivity contribution in [3.8, 4) is 17.3 Å². The number of ether oxygens (including phenoxy) is 1. The number of hydrogen-bond acceptors (Lipinski definition) is 6. The van der Waals surface area contributed by atoms with Crippen LogP contribution in [0.2, 0.25) is 5.02 Å². The van der Waals surface area contributed by atoms with Gasteiger partial charge in [0, 0.05) is 29.8 Å². The van der Waals surface area contributed by atoms with Crippen molar-refractivity contribution in [2.75, 3.05) is 31.2 Å². The molecule has 158 valence electrons. The molecule has 1 aliphatic carbocycles. The van der Waals surface area contributed by atoms with Gasteiger partial charge in [-0.1, -0.05) is 23.7 Å². The highest BCUT2D eigenvalue weighted by Crippen LogP contribution is 2.42. The first kappa shape index (κ1) is 19.6. The van der Waals surface area contributed by atoms with Crippen LogP contribution in [0.25, 0.3) is 22.4 Å². The van der Waals surface area contributed by atoms with E-state index >= 15 is 0 Å². The van der Waals surface area contributed by atoms with Crippen molar-refractivity contribution in [2.24, 2.45) is 5.41 Å². The second-order valence-corrected chi connectivity index (χ2v) is 8.84. The maximum Gasteiger partial charge on any atom is 0.296 e. The van der Waals surface area contributed by atoms with Crippen molar-refractivity contribution in [2.45, 2.75) is 31.8 Å². The molecular weight excluding hydrogens is 404 g/mol. The van der Waals surface area contributed by atoms with E-state index in [1.165, 1.54) is 18.5 Å². The number of aliphatic hydroxyl groups excluding tert-OH is 2. The van der Waals surface area contributed by atoms with Crippen molar-refractivity contribution in [3.63, 3.8) is 0 Å². The largest absolute Gasteiger partial charge is 0.461 e. The maximum absolute atomic E-state index is 9.42. The molecule has 3 N–H and O–H groups in total. The number of aliphatic hydroxyl groups is 2. The fourth-order valence-electron chi connectivity index (χ4n) is 4.41. The van der Waals surface area contributed by atoms with E-state index in [-0.39, 0.29) is 19.3 Å². The van der Waals surface area contributed by atoms with E-state index in [1.807, 2.05) is 6.07 Å². The van der Waals surface area contributed by atoms with Gasteiger partial charge in [0.15, 0.2) is 5.65 Å². The molecule has 3 aromatic rings. The number of nitrogens with one attached hydrogen (secondary N) is 1. The zero-order chi connectivity index (χ0) is 20.7. The molecule has 1 saturated carbocycles. The van der Waals surface area contributed by atoms with Gasteiger partial charge in [0.1, 0.15) is 6.10 Å². The summed E-state index contributed by atoms with van der Waals surface area (Å²) >= 11 is 6.52. The number of H-pyrrole nitrogens is 1. The Morgan fingerprint density at radius 3 is 2.47 bits per heavy atom. The van der Waals surface area contributed by atoms with Gasteiger partial charge in [-0.05, 0) is 43.9 Å². The number of halogens is 1. The highest BCUT2D eigenvalue weighted by molar-refractivity contribution is 6.33. The lowest BCUT2D eigenvalue weighted by Gasteiger charge is -2.44. The van der Waals surface area contributed by atoms with Gasteiger partial charge in [0.25, 0.3) is 6.01 Å². The molecule has 3 heterocycles. The van der Waals surface area contributed by atoms with Gasteiger partial charge < -0.3 is 24.8 Å². The number of anilines is 1. The zero-order valence-electron chi connectivity index (χ0n) is 16.6. The SMILES string of the molecule is OCC1(CO)CC(Oc2nc3nc(-c4ccc(N5CCCC5)cc4)c(Cl)cc3[nH]2)C1. The van der Waals surface area contributed by atoms with Gasteiger partial charge in [0.2, 0.25) is 0 Å². The lowest BCUT2D eigenvalue weighted by atomic mass is 9.68. The number of rotatable bonds is 6. The minimum atomic E-state index is -0.438. The predicted molar refractivity (Wildman–Crippen MR) is 116 cm³/mol. The maximum atomic E-state index is 9.42. The minimum Gasteiger partial charge on any atom is -0.461 e. The molecule has 0 amide bonds. The molecule has 0 unspecified atom stereocenters. The standard InChI is InChI=1S/C22H25ClN4O3/c23-17-9-18-20(26-21(24-18)30-16-10-22(11-16,12-28)13-29)25-19(17)14-3-5-15(6-4-14)27-7-1-2-8-27/h3-6,9,16,28-29H,1-2,7-8,10-13H2,(H,24,25,26). The number of nitrogens with zero attached hydrogens (tertiary/aromatic N) is 3. The molecule has 0 radical (unpaired) electrons. The number of aromatic amines is 1.